The number of H-pyrrole nitrogens is 1. The molecule has 0 aliphatic heterocycles. The van der Waals surface area contributed by atoms with Gasteiger partial charge in [0.2, 0.25) is 5.52 Å². The molecule has 0 saturated carbocycles. The van der Waals surface area contributed by atoms with Crippen LogP contribution >= 0.6 is 11.6 Å². The molecule has 0 fully saturated rings. The third-order valence-corrected chi connectivity index (χ3v) is 4.22. The molecule has 0 saturated heterocycles. The number of pyridine rings is 1. The van der Waals surface area contributed by atoms with Crippen LogP contribution in [0.3, 0.4) is 0 Å². The summed E-state index contributed by atoms with van der Waals surface area (Å²) < 4.78 is 10.5. The summed E-state index contributed by atoms with van der Waals surface area (Å²) in [7, 11) is 0. The average molecular weight is 346 g/mol. The number of hydrogen-bond donors (Lipinski definition) is 1. The largest absolute Gasteiger partial charge is 0.467 e. The zero-order chi connectivity index (χ0) is 17.1. The number of nitrogens with one attached hydrogen (secondary N) is 2. The van der Waals surface area contributed by atoms with Crippen LogP contribution < -0.4 is 10.3 Å². The molecule has 3 rings (SSSR count). The number of rotatable bonds is 5. The third-order valence-electron chi connectivity index (χ3n) is 3.81. The molecule has 0 atom stereocenters. The smallest absolute Gasteiger partial charge is 0.346 e. The summed E-state index contributed by atoms with van der Waals surface area (Å²) in [5.41, 5.74) is 2.93. The number of benzene rings is 1. The number of aromatic amines is 1. The van der Waals surface area contributed by atoms with Gasteiger partial charge in [0, 0.05) is 5.56 Å². The molecule has 124 valence electrons. The van der Waals surface area contributed by atoms with Gasteiger partial charge >= 0.3 is 5.97 Å². The van der Waals surface area contributed by atoms with Crippen molar-refractivity contribution in [3.05, 3.63) is 58.6 Å². The quantitative estimate of drug-likeness (QED) is 0.710. The molecule has 0 radical (unpaired) electrons. The van der Waals surface area contributed by atoms with Gasteiger partial charge in [0.15, 0.2) is 6.20 Å². The van der Waals surface area contributed by atoms with Crippen molar-refractivity contribution in [1.82, 2.24) is 0 Å². The van der Waals surface area contributed by atoms with Crippen LogP contribution in [0.5, 0.6) is 0 Å². The summed E-state index contributed by atoms with van der Waals surface area (Å²) in [4.78, 5) is 15.4. The van der Waals surface area contributed by atoms with Crippen molar-refractivity contribution in [3.8, 4) is 0 Å². The Bertz CT molecular complexity index is 876. The number of aromatic nitrogens is 1. The summed E-state index contributed by atoms with van der Waals surface area (Å²) >= 11 is 6.20. The Morgan fingerprint density at radius 3 is 2.92 bits per heavy atom. The number of carbonyl (C=O) groups excluding carboxylic acids is 1. The van der Waals surface area contributed by atoms with Gasteiger partial charge in [0.05, 0.1) is 35.5 Å². The molecular weight excluding hydrogens is 328 g/mol. The maximum absolute atomic E-state index is 12.3. The van der Waals surface area contributed by atoms with E-state index in [-0.39, 0.29) is 5.97 Å². The maximum Gasteiger partial charge on any atom is 0.346 e. The van der Waals surface area contributed by atoms with Crippen LogP contribution in [-0.2, 0) is 11.3 Å². The Labute approximate surface area is 144 Å². The fourth-order valence-corrected chi connectivity index (χ4v) is 2.75. The summed E-state index contributed by atoms with van der Waals surface area (Å²) in [5.74, 6) is 0.390. The molecule has 0 aliphatic rings. The summed E-state index contributed by atoms with van der Waals surface area (Å²) in [6.07, 6.45) is 3.26. The van der Waals surface area contributed by atoms with Crippen molar-refractivity contribution < 1.29 is 18.9 Å². The van der Waals surface area contributed by atoms with Crippen molar-refractivity contribution >= 4 is 34.2 Å². The van der Waals surface area contributed by atoms with Gasteiger partial charge in [-0.25, -0.2) is 9.78 Å². The molecule has 5 nitrogen and oxygen atoms in total. The van der Waals surface area contributed by atoms with E-state index >= 15 is 0 Å². The van der Waals surface area contributed by atoms with E-state index in [1.165, 1.54) is 0 Å². The maximum atomic E-state index is 12.3. The lowest BCUT2D eigenvalue weighted by molar-refractivity contribution is -0.345. The number of hydrogen-bond acceptors (Lipinski definition) is 4. The first-order chi connectivity index (χ1) is 11.6. The number of fused-ring (bicyclic) bond motifs is 1. The number of carbonyl (C=O) groups is 1. The number of esters is 1. The van der Waals surface area contributed by atoms with E-state index in [1.807, 2.05) is 31.2 Å². The van der Waals surface area contributed by atoms with Gasteiger partial charge in [-0.05, 0) is 38.1 Å². The van der Waals surface area contributed by atoms with Crippen molar-refractivity contribution in [2.24, 2.45) is 0 Å². The zero-order valence-corrected chi connectivity index (χ0v) is 14.2. The zero-order valence-electron chi connectivity index (χ0n) is 13.5. The second kappa shape index (κ2) is 6.93. The molecule has 0 amide bonds. The first kappa shape index (κ1) is 16.3. The molecule has 2 aromatic heterocycles. The van der Waals surface area contributed by atoms with Gasteiger partial charge in [-0.3, -0.25) is 0 Å². The number of furan rings is 1. The Morgan fingerprint density at radius 1 is 1.38 bits per heavy atom. The Kier molecular flexibility index (Phi) is 4.71. The topological polar surface area (TPSA) is 65.6 Å². The van der Waals surface area contributed by atoms with E-state index in [2.05, 4.69) is 10.3 Å². The van der Waals surface area contributed by atoms with Crippen LogP contribution in [0.4, 0.5) is 5.69 Å². The van der Waals surface area contributed by atoms with E-state index in [0.717, 1.165) is 22.2 Å². The Balaban J connectivity index is 2.10. The van der Waals surface area contributed by atoms with E-state index in [4.69, 9.17) is 20.8 Å². The lowest BCUT2D eigenvalue weighted by atomic mass is 10.1. The Morgan fingerprint density at radius 2 is 2.21 bits per heavy atom. The molecule has 2 heterocycles. The van der Waals surface area contributed by atoms with Crippen molar-refractivity contribution in [1.29, 1.82) is 0 Å². The first-order valence-corrected chi connectivity index (χ1v) is 8.06. The lowest BCUT2D eigenvalue weighted by Gasteiger charge is -2.12. The second-order valence-corrected chi connectivity index (χ2v) is 5.73. The molecule has 3 aromatic rings. The highest BCUT2D eigenvalue weighted by Gasteiger charge is 2.22. The predicted molar refractivity (Wildman–Crippen MR) is 92.2 cm³/mol. The molecule has 2 N–H and O–H groups in total. The van der Waals surface area contributed by atoms with Crippen LogP contribution in [0.15, 0.2) is 41.1 Å². The molecule has 1 aromatic carbocycles. The van der Waals surface area contributed by atoms with E-state index in [0.29, 0.717) is 29.4 Å². The van der Waals surface area contributed by atoms with Gasteiger partial charge in [0.1, 0.15) is 11.3 Å². The van der Waals surface area contributed by atoms with Gasteiger partial charge in [-0.15, -0.1) is 0 Å². The summed E-state index contributed by atoms with van der Waals surface area (Å²) in [5, 5.41) is 4.82. The number of aryl methyl sites for hydroxylation is 1. The van der Waals surface area contributed by atoms with E-state index in [1.54, 1.807) is 19.4 Å². The van der Waals surface area contributed by atoms with Crippen LogP contribution in [0.25, 0.3) is 10.9 Å². The van der Waals surface area contributed by atoms with Gasteiger partial charge in [0.25, 0.3) is 0 Å². The molecule has 0 aliphatic carbocycles. The summed E-state index contributed by atoms with van der Waals surface area (Å²) in [6.45, 7) is 4.48. The molecule has 24 heavy (non-hydrogen) atoms. The molecular formula is C18H18ClN2O3+. The lowest BCUT2D eigenvalue weighted by Crippen LogP contribution is -2.16. The second-order valence-electron chi connectivity index (χ2n) is 5.33. The highest BCUT2D eigenvalue weighted by atomic mass is 35.5. The van der Waals surface area contributed by atoms with Gasteiger partial charge in [-0.1, -0.05) is 11.6 Å². The number of ether oxygens (including phenoxy) is 1. The standard InChI is InChI=1S/C18H17ClN2O3/c1-3-23-18(22)14-10-21-16-11(2)15(19)7-6-13(16)17(14)20-9-12-5-4-8-24-12/h4-8,10H,3,9H2,1-2H3,(H,20,21)/p+1. The van der Waals surface area contributed by atoms with Gasteiger partial charge in [-0.2, -0.15) is 0 Å². The molecule has 6 heteroatoms. The Hall–Kier alpha value is -2.53. The first-order valence-electron chi connectivity index (χ1n) is 7.68. The van der Waals surface area contributed by atoms with Crippen molar-refractivity contribution in [2.75, 3.05) is 11.9 Å². The van der Waals surface area contributed by atoms with Crippen LogP contribution in [0.2, 0.25) is 5.02 Å². The normalized spacial score (nSPS) is 10.8. The van der Waals surface area contributed by atoms with Crippen LogP contribution in [0, 0.1) is 6.92 Å². The minimum Gasteiger partial charge on any atom is -0.467 e. The fourth-order valence-electron chi connectivity index (χ4n) is 2.59. The third kappa shape index (κ3) is 3.08. The van der Waals surface area contributed by atoms with Gasteiger partial charge < -0.3 is 14.5 Å². The number of anilines is 1. The fraction of sp³-hybridized carbons (Fsp3) is 0.222. The molecule has 0 unspecified atom stereocenters. The van der Waals surface area contributed by atoms with E-state index < -0.39 is 0 Å². The predicted octanol–water partition coefficient (Wildman–Crippen LogP) is 4.00. The van der Waals surface area contributed by atoms with Crippen molar-refractivity contribution in [2.45, 2.75) is 20.4 Å². The minimum absolute atomic E-state index is 0.314. The SMILES string of the molecule is CCOC(=O)c1c[nH+]c2c(C)c(Cl)ccc2c1NCc1ccco1. The highest BCUT2D eigenvalue weighted by Crippen LogP contribution is 2.30. The monoisotopic (exact) mass is 345 g/mol. The van der Waals surface area contributed by atoms with Crippen molar-refractivity contribution in [3.63, 3.8) is 0 Å². The number of halogens is 1. The van der Waals surface area contributed by atoms with Crippen LogP contribution in [0.1, 0.15) is 28.6 Å². The highest BCUT2D eigenvalue weighted by molar-refractivity contribution is 6.32. The minimum atomic E-state index is -0.384. The van der Waals surface area contributed by atoms with Crippen LogP contribution in [-0.4, -0.2) is 12.6 Å². The summed E-state index contributed by atoms with van der Waals surface area (Å²) in [6, 6.07) is 7.40. The van der Waals surface area contributed by atoms with E-state index in [9.17, 15) is 4.79 Å². The molecule has 0 bridgehead atoms. The average Bonchev–Trinajstić information content (AvgIpc) is 3.09. The molecule has 0 spiro atoms.